The molecule has 2 aromatic carbocycles. The summed E-state index contributed by atoms with van der Waals surface area (Å²) in [5.41, 5.74) is 0.935. The van der Waals surface area contributed by atoms with Crippen LogP contribution in [0.4, 0.5) is 5.69 Å². The number of anilines is 1. The molecule has 1 amide bonds. The van der Waals surface area contributed by atoms with Gasteiger partial charge in [0.05, 0.1) is 42.2 Å². The number of nitrogens with zero attached hydrogens (tertiary/aromatic N) is 1. The molecule has 158 valence electrons. The Morgan fingerprint density at radius 1 is 1.10 bits per heavy atom. The number of ether oxygens (including phenoxy) is 2. The molecule has 0 heterocycles. The van der Waals surface area contributed by atoms with Crippen molar-refractivity contribution in [3.8, 4) is 11.5 Å². The molecule has 0 aliphatic carbocycles. The number of carbonyl (C=O) groups excluding carboxylic acids is 1. The molecule has 0 spiro atoms. The molecular formula is C19H22Cl2N2O5S. The Kier molecular flexibility index (Phi) is 7.62. The van der Waals surface area contributed by atoms with Gasteiger partial charge in [-0.2, -0.15) is 0 Å². The number of rotatable bonds is 8. The summed E-state index contributed by atoms with van der Waals surface area (Å²) in [5.74, 6) is 0.678. The van der Waals surface area contributed by atoms with E-state index in [1.807, 2.05) is 0 Å². The second-order valence-electron chi connectivity index (χ2n) is 6.27. The first-order chi connectivity index (χ1) is 13.6. The Morgan fingerprint density at radius 3 is 2.34 bits per heavy atom. The standard InChI is InChI=1S/C19H22Cl2N2O5S/c1-12(15-10-14(27-2)6-8-18(15)28-3)22-19(24)11-23(29(4,25)26)13-5-7-16(20)17(21)9-13/h5-10,12H,11H2,1-4H3,(H,22,24). The SMILES string of the molecule is COc1ccc(OC)c(C(C)NC(=O)CN(c2ccc(Cl)c(Cl)c2)S(C)(=O)=O)c1. The van der Waals surface area contributed by atoms with Crippen molar-refractivity contribution in [1.29, 1.82) is 0 Å². The molecule has 1 atom stereocenters. The molecular weight excluding hydrogens is 439 g/mol. The van der Waals surface area contributed by atoms with Crippen LogP contribution in [0.15, 0.2) is 36.4 Å². The third-order valence-corrected chi connectivity index (χ3v) is 6.04. The molecule has 0 saturated heterocycles. The van der Waals surface area contributed by atoms with Crippen molar-refractivity contribution in [1.82, 2.24) is 5.32 Å². The third kappa shape index (κ3) is 5.91. The van der Waals surface area contributed by atoms with Gasteiger partial charge < -0.3 is 14.8 Å². The molecule has 2 aromatic rings. The minimum atomic E-state index is -3.74. The number of hydrogen-bond donors (Lipinski definition) is 1. The van der Waals surface area contributed by atoms with Gasteiger partial charge >= 0.3 is 0 Å². The molecule has 1 unspecified atom stereocenters. The number of amides is 1. The maximum atomic E-state index is 12.6. The molecule has 0 bridgehead atoms. The molecule has 0 aliphatic rings. The summed E-state index contributed by atoms with van der Waals surface area (Å²) in [6.07, 6.45) is 1.01. The second-order valence-corrected chi connectivity index (χ2v) is 8.99. The van der Waals surface area contributed by atoms with Gasteiger partial charge in [0.15, 0.2) is 0 Å². The van der Waals surface area contributed by atoms with Crippen molar-refractivity contribution < 1.29 is 22.7 Å². The highest BCUT2D eigenvalue weighted by Gasteiger charge is 2.23. The summed E-state index contributed by atoms with van der Waals surface area (Å²) in [5, 5.41) is 3.25. The number of hydrogen-bond acceptors (Lipinski definition) is 5. The van der Waals surface area contributed by atoms with E-state index in [0.717, 1.165) is 10.6 Å². The van der Waals surface area contributed by atoms with Gasteiger partial charge in [-0.3, -0.25) is 9.10 Å². The zero-order chi connectivity index (χ0) is 21.8. The summed E-state index contributed by atoms with van der Waals surface area (Å²) in [7, 11) is -0.679. The van der Waals surface area contributed by atoms with Gasteiger partial charge in [-0.1, -0.05) is 23.2 Å². The van der Waals surface area contributed by atoms with Crippen LogP contribution in [0.2, 0.25) is 10.0 Å². The van der Waals surface area contributed by atoms with E-state index in [2.05, 4.69) is 5.32 Å². The van der Waals surface area contributed by atoms with Crippen LogP contribution in [0, 0.1) is 0 Å². The van der Waals surface area contributed by atoms with Gasteiger partial charge in [-0.05, 0) is 43.3 Å². The van der Waals surface area contributed by atoms with Gasteiger partial charge in [0.1, 0.15) is 18.0 Å². The fourth-order valence-corrected chi connectivity index (χ4v) is 3.85. The molecule has 10 heteroatoms. The average Bonchev–Trinajstić information content (AvgIpc) is 2.66. The van der Waals surface area contributed by atoms with Crippen LogP contribution in [0.5, 0.6) is 11.5 Å². The Balaban J connectivity index is 2.23. The number of benzene rings is 2. The smallest absolute Gasteiger partial charge is 0.241 e. The molecule has 29 heavy (non-hydrogen) atoms. The monoisotopic (exact) mass is 460 g/mol. The lowest BCUT2D eigenvalue weighted by Crippen LogP contribution is -2.41. The first kappa shape index (κ1) is 23.1. The minimum absolute atomic E-state index is 0.188. The first-order valence-electron chi connectivity index (χ1n) is 8.51. The highest BCUT2D eigenvalue weighted by Crippen LogP contribution is 2.30. The van der Waals surface area contributed by atoms with Gasteiger partial charge in [0, 0.05) is 5.56 Å². The maximum absolute atomic E-state index is 12.6. The minimum Gasteiger partial charge on any atom is -0.497 e. The molecule has 1 N–H and O–H groups in total. The first-order valence-corrected chi connectivity index (χ1v) is 11.1. The Labute approximate surface area is 180 Å². The van der Waals surface area contributed by atoms with Crippen LogP contribution in [0.1, 0.15) is 18.5 Å². The van der Waals surface area contributed by atoms with Crippen molar-refractivity contribution >= 4 is 44.8 Å². The zero-order valence-electron chi connectivity index (χ0n) is 16.4. The highest BCUT2D eigenvalue weighted by molar-refractivity contribution is 7.92. The Morgan fingerprint density at radius 2 is 1.79 bits per heavy atom. The predicted molar refractivity (Wildman–Crippen MR) is 115 cm³/mol. The molecule has 0 radical (unpaired) electrons. The lowest BCUT2D eigenvalue weighted by molar-refractivity contribution is -0.120. The third-order valence-electron chi connectivity index (χ3n) is 4.16. The Bertz CT molecular complexity index is 998. The van der Waals surface area contributed by atoms with Crippen LogP contribution in [0.3, 0.4) is 0 Å². The average molecular weight is 461 g/mol. The molecule has 0 saturated carbocycles. The van der Waals surface area contributed by atoms with Crippen molar-refractivity contribution in [2.75, 3.05) is 31.3 Å². The molecule has 2 rings (SSSR count). The van der Waals surface area contributed by atoms with Crippen LogP contribution in [-0.2, 0) is 14.8 Å². The zero-order valence-corrected chi connectivity index (χ0v) is 18.7. The Hall–Kier alpha value is -2.16. The van der Waals surface area contributed by atoms with E-state index in [4.69, 9.17) is 32.7 Å². The number of halogens is 2. The molecule has 7 nitrogen and oxygen atoms in total. The predicted octanol–water partition coefficient (Wildman–Crippen LogP) is 3.65. The van der Waals surface area contributed by atoms with E-state index in [9.17, 15) is 13.2 Å². The van der Waals surface area contributed by atoms with Gasteiger partial charge in [0.25, 0.3) is 0 Å². The number of sulfonamides is 1. The van der Waals surface area contributed by atoms with E-state index in [-0.39, 0.29) is 15.7 Å². The highest BCUT2D eigenvalue weighted by atomic mass is 35.5. The fraction of sp³-hybridized carbons (Fsp3) is 0.316. The lowest BCUT2D eigenvalue weighted by atomic mass is 10.1. The van der Waals surface area contributed by atoms with Crippen molar-refractivity contribution in [3.05, 3.63) is 52.0 Å². The number of nitrogens with one attached hydrogen (secondary N) is 1. The van der Waals surface area contributed by atoms with Crippen molar-refractivity contribution in [3.63, 3.8) is 0 Å². The van der Waals surface area contributed by atoms with E-state index < -0.39 is 28.5 Å². The quantitative estimate of drug-likeness (QED) is 0.649. The van der Waals surface area contributed by atoms with Gasteiger partial charge in [-0.25, -0.2) is 8.42 Å². The fourth-order valence-electron chi connectivity index (χ4n) is 2.71. The number of methoxy groups -OCH3 is 2. The molecule has 0 aliphatic heterocycles. The van der Waals surface area contributed by atoms with Crippen LogP contribution in [0.25, 0.3) is 0 Å². The van der Waals surface area contributed by atoms with Crippen molar-refractivity contribution in [2.24, 2.45) is 0 Å². The van der Waals surface area contributed by atoms with Crippen LogP contribution in [-0.4, -0.2) is 41.3 Å². The van der Waals surface area contributed by atoms with Gasteiger partial charge in [0.2, 0.25) is 15.9 Å². The van der Waals surface area contributed by atoms with E-state index in [1.54, 1.807) is 25.1 Å². The summed E-state index contributed by atoms with van der Waals surface area (Å²) in [6.45, 7) is 1.34. The van der Waals surface area contributed by atoms with Gasteiger partial charge in [-0.15, -0.1) is 0 Å². The number of carbonyl (C=O) groups is 1. The van der Waals surface area contributed by atoms with Crippen LogP contribution < -0.4 is 19.1 Å². The maximum Gasteiger partial charge on any atom is 0.241 e. The van der Waals surface area contributed by atoms with Crippen LogP contribution >= 0.6 is 23.2 Å². The second kappa shape index (κ2) is 9.56. The molecule has 0 aromatic heterocycles. The lowest BCUT2D eigenvalue weighted by Gasteiger charge is -2.24. The van der Waals surface area contributed by atoms with Crippen molar-refractivity contribution in [2.45, 2.75) is 13.0 Å². The van der Waals surface area contributed by atoms with E-state index in [1.165, 1.54) is 32.4 Å². The summed E-state index contributed by atoms with van der Waals surface area (Å²) < 4.78 is 36.0. The van der Waals surface area contributed by atoms with E-state index in [0.29, 0.717) is 17.1 Å². The van der Waals surface area contributed by atoms with E-state index >= 15 is 0 Å². The summed E-state index contributed by atoms with van der Waals surface area (Å²) in [4.78, 5) is 12.6. The topological polar surface area (TPSA) is 84.9 Å². The molecule has 0 fully saturated rings. The summed E-state index contributed by atoms with van der Waals surface area (Å²) in [6, 6.07) is 9.12. The normalized spacial score (nSPS) is 12.2. The largest absolute Gasteiger partial charge is 0.497 e. The summed E-state index contributed by atoms with van der Waals surface area (Å²) >= 11 is 11.9.